The first-order valence-electron chi connectivity index (χ1n) is 11.2. The van der Waals surface area contributed by atoms with Crippen LogP contribution in [0.2, 0.25) is 0 Å². The Morgan fingerprint density at radius 2 is 1.70 bits per heavy atom. The fraction of sp³-hybridized carbons (Fsp3) is 0.360. The molecule has 1 aliphatic rings. The molecule has 1 atom stereocenters. The Bertz CT molecular complexity index is 1330. The molecule has 0 bridgehead atoms. The summed E-state index contributed by atoms with van der Waals surface area (Å²) in [5.41, 5.74) is 3.03. The van der Waals surface area contributed by atoms with Gasteiger partial charge in [0.25, 0.3) is 5.56 Å². The molecule has 1 aromatic carbocycles. The SMILES string of the molecule is Cc1cc(C(=O)Cn2cc(S(=O)(=O)N3CCCC3)ccc2=O)c(C)n1C(C)c1ccccc1. The lowest BCUT2D eigenvalue weighted by atomic mass is 10.1. The number of sulfonamides is 1. The second-order valence-corrected chi connectivity index (χ2v) is 10.5. The Morgan fingerprint density at radius 3 is 2.36 bits per heavy atom. The summed E-state index contributed by atoms with van der Waals surface area (Å²) in [7, 11) is -3.67. The number of rotatable bonds is 7. The largest absolute Gasteiger partial charge is 0.341 e. The minimum atomic E-state index is -3.67. The van der Waals surface area contributed by atoms with E-state index in [-0.39, 0.29) is 23.3 Å². The fourth-order valence-electron chi connectivity index (χ4n) is 4.64. The number of hydrogen-bond donors (Lipinski definition) is 0. The van der Waals surface area contributed by atoms with E-state index in [2.05, 4.69) is 23.6 Å². The molecule has 0 aliphatic carbocycles. The molecule has 174 valence electrons. The third-order valence-electron chi connectivity index (χ3n) is 6.43. The van der Waals surface area contributed by atoms with Crippen LogP contribution in [0.3, 0.4) is 0 Å². The second-order valence-electron chi connectivity index (χ2n) is 8.61. The average Bonchev–Trinajstić information content (AvgIpc) is 3.44. The van der Waals surface area contributed by atoms with E-state index in [1.54, 1.807) is 0 Å². The van der Waals surface area contributed by atoms with E-state index < -0.39 is 15.6 Å². The van der Waals surface area contributed by atoms with Crippen LogP contribution in [0.5, 0.6) is 0 Å². The Labute approximate surface area is 194 Å². The molecular formula is C25H29N3O4S. The third kappa shape index (κ3) is 4.45. The van der Waals surface area contributed by atoms with E-state index in [0.717, 1.165) is 29.8 Å². The lowest BCUT2D eigenvalue weighted by Crippen LogP contribution is -2.30. The minimum absolute atomic E-state index is 0.0416. The highest BCUT2D eigenvalue weighted by Gasteiger charge is 2.28. The van der Waals surface area contributed by atoms with E-state index in [9.17, 15) is 18.0 Å². The monoisotopic (exact) mass is 467 g/mol. The Kier molecular flexibility index (Phi) is 6.41. The summed E-state index contributed by atoms with van der Waals surface area (Å²) in [4.78, 5) is 25.7. The van der Waals surface area contributed by atoms with Crippen molar-refractivity contribution >= 4 is 15.8 Å². The molecule has 0 spiro atoms. The average molecular weight is 468 g/mol. The van der Waals surface area contributed by atoms with Gasteiger partial charge in [-0.25, -0.2) is 8.42 Å². The Morgan fingerprint density at radius 1 is 1.03 bits per heavy atom. The molecule has 0 amide bonds. The van der Waals surface area contributed by atoms with Gasteiger partial charge in [-0.2, -0.15) is 4.31 Å². The summed E-state index contributed by atoms with van der Waals surface area (Å²) < 4.78 is 30.5. The van der Waals surface area contributed by atoms with Crippen LogP contribution in [-0.4, -0.2) is 40.7 Å². The van der Waals surface area contributed by atoms with E-state index in [0.29, 0.717) is 18.7 Å². The zero-order chi connectivity index (χ0) is 23.8. The molecule has 4 rings (SSSR count). The number of ketones is 1. The van der Waals surface area contributed by atoms with Gasteiger partial charge < -0.3 is 9.13 Å². The van der Waals surface area contributed by atoms with Crippen LogP contribution in [0.4, 0.5) is 0 Å². The van der Waals surface area contributed by atoms with Gasteiger partial charge in [-0.05, 0) is 51.3 Å². The first kappa shape index (κ1) is 23.2. The number of benzene rings is 1. The number of nitrogens with zero attached hydrogens (tertiary/aromatic N) is 3. The maximum Gasteiger partial charge on any atom is 0.251 e. The molecule has 1 aliphatic heterocycles. The van der Waals surface area contributed by atoms with Gasteiger partial charge in [0.15, 0.2) is 5.78 Å². The molecule has 3 heterocycles. The van der Waals surface area contributed by atoms with E-state index in [4.69, 9.17) is 0 Å². The van der Waals surface area contributed by atoms with E-state index in [1.165, 1.54) is 27.2 Å². The van der Waals surface area contributed by atoms with Crippen LogP contribution in [0.1, 0.15) is 53.1 Å². The zero-order valence-corrected chi connectivity index (χ0v) is 20.0. The lowest BCUT2D eigenvalue weighted by Gasteiger charge is -2.19. The summed E-state index contributed by atoms with van der Waals surface area (Å²) >= 11 is 0. The summed E-state index contributed by atoms with van der Waals surface area (Å²) in [6, 6.07) is 14.5. The topological polar surface area (TPSA) is 81.4 Å². The van der Waals surface area contributed by atoms with Gasteiger partial charge in [0.1, 0.15) is 0 Å². The first-order chi connectivity index (χ1) is 15.7. The number of Topliss-reactive ketones (excluding diaryl/α,β-unsaturated/α-hetero) is 1. The van der Waals surface area contributed by atoms with Crippen LogP contribution < -0.4 is 5.56 Å². The molecule has 2 aromatic heterocycles. The van der Waals surface area contributed by atoms with Gasteiger partial charge in [-0.15, -0.1) is 0 Å². The maximum atomic E-state index is 13.2. The summed E-state index contributed by atoms with van der Waals surface area (Å²) in [6.07, 6.45) is 2.95. The fourth-order valence-corrected chi connectivity index (χ4v) is 6.18. The van der Waals surface area contributed by atoms with Crippen LogP contribution in [0.25, 0.3) is 0 Å². The van der Waals surface area contributed by atoms with Crippen molar-refractivity contribution in [1.29, 1.82) is 0 Å². The Hall–Kier alpha value is -2.97. The molecule has 33 heavy (non-hydrogen) atoms. The standard InChI is InChI=1S/C25H29N3O4S/c1-18-15-23(20(3)28(18)19(2)21-9-5-4-6-10-21)24(29)17-26-16-22(11-12-25(26)30)33(31,32)27-13-7-8-14-27/h4-6,9-12,15-16,19H,7-8,13-14,17H2,1-3H3. The van der Waals surface area contributed by atoms with Crippen molar-refractivity contribution in [2.75, 3.05) is 13.1 Å². The van der Waals surface area contributed by atoms with Gasteiger partial charge in [0.05, 0.1) is 17.5 Å². The van der Waals surface area contributed by atoms with Gasteiger partial charge in [0.2, 0.25) is 10.0 Å². The minimum Gasteiger partial charge on any atom is -0.341 e. The molecule has 0 radical (unpaired) electrons. The molecule has 8 heteroatoms. The summed E-state index contributed by atoms with van der Waals surface area (Å²) in [6.45, 7) is 6.68. The number of aryl methyl sites for hydroxylation is 1. The summed E-state index contributed by atoms with van der Waals surface area (Å²) in [5.74, 6) is -0.229. The quantitative estimate of drug-likeness (QED) is 0.498. The van der Waals surface area contributed by atoms with E-state index in [1.807, 2.05) is 38.1 Å². The van der Waals surface area contributed by atoms with Crippen molar-refractivity contribution in [3.63, 3.8) is 0 Å². The van der Waals surface area contributed by atoms with E-state index >= 15 is 0 Å². The third-order valence-corrected chi connectivity index (χ3v) is 8.31. The Balaban J connectivity index is 1.62. The van der Waals surface area contributed by atoms with Gasteiger partial charge in [-0.3, -0.25) is 9.59 Å². The predicted octanol–water partition coefficient (Wildman–Crippen LogP) is 3.54. The van der Waals surface area contributed by atoms with Crippen LogP contribution in [-0.2, 0) is 16.6 Å². The van der Waals surface area contributed by atoms with Crippen molar-refractivity contribution in [2.45, 2.75) is 51.1 Å². The zero-order valence-electron chi connectivity index (χ0n) is 19.2. The molecule has 1 fully saturated rings. The van der Waals surface area contributed by atoms with Crippen molar-refractivity contribution in [2.24, 2.45) is 0 Å². The first-order valence-corrected chi connectivity index (χ1v) is 12.6. The molecule has 7 nitrogen and oxygen atoms in total. The van der Waals surface area contributed by atoms with Crippen molar-refractivity contribution in [3.8, 4) is 0 Å². The van der Waals surface area contributed by atoms with Gasteiger partial charge in [0, 0.05) is 42.3 Å². The number of pyridine rings is 1. The highest BCUT2D eigenvalue weighted by Crippen LogP contribution is 2.26. The lowest BCUT2D eigenvalue weighted by molar-refractivity contribution is 0.0969. The van der Waals surface area contributed by atoms with Crippen LogP contribution in [0, 0.1) is 13.8 Å². The predicted molar refractivity (Wildman–Crippen MR) is 127 cm³/mol. The molecule has 0 N–H and O–H groups in total. The normalized spacial score (nSPS) is 15.6. The molecule has 0 saturated carbocycles. The number of carbonyl (C=O) groups excluding carboxylic acids is 1. The highest BCUT2D eigenvalue weighted by atomic mass is 32.2. The number of carbonyl (C=O) groups is 1. The summed E-state index contributed by atoms with van der Waals surface area (Å²) in [5, 5.41) is 0. The van der Waals surface area contributed by atoms with Crippen molar-refractivity contribution < 1.29 is 13.2 Å². The molecule has 1 unspecified atom stereocenters. The number of aromatic nitrogens is 2. The van der Waals surface area contributed by atoms with Crippen molar-refractivity contribution in [1.82, 2.24) is 13.4 Å². The van der Waals surface area contributed by atoms with Crippen LogP contribution >= 0.6 is 0 Å². The molecular weight excluding hydrogens is 438 g/mol. The second kappa shape index (κ2) is 9.11. The van der Waals surface area contributed by atoms with Crippen LogP contribution in [0.15, 0.2) is 64.4 Å². The molecule has 3 aromatic rings. The molecule has 1 saturated heterocycles. The van der Waals surface area contributed by atoms with Gasteiger partial charge in [-0.1, -0.05) is 30.3 Å². The number of hydrogen-bond acceptors (Lipinski definition) is 4. The highest BCUT2D eigenvalue weighted by molar-refractivity contribution is 7.89. The van der Waals surface area contributed by atoms with Gasteiger partial charge >= 0.3 is 0 Å². The van der Waals surface area contributed by atoms with Crippen molar-refractivity contribution in [3.05, 3.63) is 87.6 Å². The maximum absolute atomic E-state index is 13.2. The smallest absolute Gasteiger partial charge is 0.251 e.